The van der Waals surface area contributed by atoms with Gasteiger partial charge in [0.25, 0.3) is 0 Å². The topological polar surface area (TPSA) is 44.3 Å². The van der Waals surface area contributed by atoms with Crippen molar-refractivity contribution in [1.82, 2.24) is 10.6 Å². The summed E-state index contributed by atoms with van der Waals surface area (Å²) in [5.41, 5.74) is 0. The second kappa shape index (κ2) is 16.9. The second-order valence-electron chi connectivity index (χ2n) is 0.884. The predicted octanol–water partition coefficient (Wildman–Crippen LogP) is -1.01. The highest BCUT2D eigenvalue weighted by molar-refractivity contribution is 4.22. The third-order valence-electron chi connectivity index (χ3n) is 0.354. The molecule has 0 radical (unpaired) electrons. The first-order valence-electron chi connectivity index (χ1n) is 2.15. The maximum atomic E-state index is 7.00. The molecule has 0 spiro atoms. The average molecular weight is 106 g/mol. The summed E-state index contributed by atoms with van der Waals surface area (Å²) in [5.74, 6) is 0. The van der Waals surface area contributed by atoms with Crippen molar-refractivity contribution >= 4 is 0 Å². The molecule has 0 unspecified atom stereocenters. The Bertz CT molecular complexity index is 17.2. The summed E-state index contributed by atoms with van der Waals surface area (Å²) in [4.78, 5) is 0. The van der Waals surface area contributed by atoms with Gasteiger partial charge in [-0.15, -0.1) is 0 Å². The van der Waals surface area contributed by atoms with Gasteiger partial charge in [0.05, 0.1) is 0 Å². The molecule has 3 nitrogen and oxygen atoms in total. The average Bonchev–Trinajstić information content (AvgIpc) is 1.75. The molecule has 7 heavy (non-hydrogen) atoms. The van der Waals surface area contributed by atoms with Gasteiger partial charge < -0.3 is 15.7 Å². The van der Waals surface area contributed by atoms with Crippen LogP contribution in [0.4, 0.5) is 0 Å². The second-order valence-corrected chi connectivity index (χ2v) is 0.884. The van der Waals surface area contributed by atoms with Crippen LogP contribution in [0.25, 0.3) is 0 Å². The first-order valence-corrected chi connectivity index (χ1v) is 2.15. The number of aliphatic hydroxyl groups excluding tert-OH is 1. The normalized spacial score (nSPS) is 6.86. The molecule has 0 fully saturated rings. The predicted molar refractivity (Wildman–Crippen MR) is 31.1 cm³/mol. The Kier molecular flexibility index (Phi) is 24.1. The van der Waals surface area contributed by atoms with Gasteiger partial charge >= 0.3 is 0 Å². The van der Waals surface area contributed by atoms with Gasteiger partial charge in [-0.2, -0.15) is 0 Å². The minimum atomic E-state index is 0.889. The highest BCUT2D eigenvalue weighted by Gasteiger charge is 1.60. The van der Waals surface area contributed by atoms with Gasteiger partial charge in [0.15, 0.2) is 0 Å². The first-order chi connectivity index (χ1) is 3.41. The fourth-order valence-corrected chi connectivity index (χ4v) is 0.177. The van der Waals surface area contributed by atoms with Gasteiger partial charge in [-0.1, -0.05) is 0 Å². The van der Waals surface area contributed by atoms with Crippen LogP contribution in [0.1, 0.15) is 0 Å². The SMILES string of the molecule is CNCNC.CO. The van der Waals surface area contributed by atoms with Crippen molar-refractivity contribution < 1.29 is 5.11 Å². The molecule has 0 atom stereocenters. The zero-order chi connectivity index (χ0) is 6.12. The molecule has 0 aliphatic rings. The molecule has 3 N–H and O–H groups in total. The standard InChI is InChI=1S/C3H10N2.CH4O/c1-4-3-5-2;1-2/h4-5H,3H2,1-2H3;2H,1H3. The molecule has 0 aromatic rings. The molecule has 0 saturated carbocycles. The number of nitrogens with one attached hydrogen (secondary N) is 2. The molecule has 0 rings (SSSR count). The van der Waals surface area contributed by atoms with E-state index in [1.54, 1.807) is 0 Å². The summed E-state index contributed by atoms with van der Waals surface area (Å²) < 4.78 is 0. The summed E-state index contributed by atoms with van der Waals surface area (Å²) in [6.07, 6.45) is 0. The maximum Gasteiger partial charge on any atom is 0.0449 e. The summed E-state index contributed by atoms with van der Waals surface area (Å²) in [6.45, 7) is 0.889. The Morgan fingerprint density at radius 2 is 1.43 bits per heavy atom. The van der Waals surface area contributed by atoms with E-state index in [0.717, 1.165) is 13.8 Å². The Morgan fingerprint density at radius 1 is 1.14 bits per heavy atom. The highest BCUT2D eigenvalue weighted by Crippen LogP contribution is 1.30. The van der Waals surface area contributed by atoms with E-state index >= 15 is 0 Å². The van der Waals surface area contributed by atoms with Crippen LogP contribution in [-0.2, 0) is 0 Å². The summed E-state index contributed by atoms with van der Waals surface area (Å²) >= 11 is 0. The van der Waals surface area contributed by atoms with Crippen molar-refractivity contribution in [1.29, 1.82) is 0 Å². The van der Waals surface area contributed by atoms with E-state index in [9.17, 15) is 0 Å². The van der Waals surface area contributed by atoms with E-state index in [1.165, 1.54) is 0 Å². The van der Waals surface area contributed by atoms with Crippen LogP contribution in [0.3, 0.4) is 0 Å². The zero-order valence-corrected chi connectivity index (χ0v) is 5.15. The third kappa shape index (κ3) is 25.0. The van der Waals surface area contributed by atoms with Crippen molar-refractivity contribution in [3.63, 3.8) is 0 Å². The fourth-order valence-electron chi connectivity index (χ4n) is 0.177. The molecule has 0 aliphatic heterocycles. The van der Waals surface area contributed by atoms with Crippen molar-refractivity contribution in [2.75, 3.05) is 27.9 Å². The molecule has 0 heterocycles. The minimum Gasteiger partial charge on any atom is -0.400 e. The van der Waals surface area contributed by atoms with E-state index in [0.29, 0.717) is 0 Å². The third-order valence-corrected chi connectivity index (χ3v) is 0.354. The van der Waals surface area contributed by atoms with Gasteiger partial charge in [-0.3, -0.25) is 0 Å². The Hall–Kier alpha value is -0.120. The van der Waals surface area contributed by atoms with Crippen molar-refractivity contribution in [2.45, 2.75) is 0 Å². The van der Waals surface area contributed by atoms with Crippen molar-refractivity contribution in [2.24, 2.45) is 0 Å². The summed E-state index contributed by atoms with van der Waals surface area (Å²) in [7, 11) is 4.80. The van der Waals surface area contributed by atoms with E-state index in [2.05, 4.69) is 10.6 Å². The van der Waals surface area contributed by atoms with Crippen LogP contribution in [0.2, 0.25) is 0 Å². The first kappa shape index (κ1) is 9.99. The monoisotopic (exact) mass is 106 g/mol. The molecule has 3 heteroatoms. The van der Waals surface area contributed by atoms with Crippen molar-refractivity contribution in [3.05, 3.63) is 0 Å². The van der Waals surface area contributed by atoms with Crippen LogP contribution < -0.4 is 10.6 Å². The lowest BCUT2D eigenvalue weighted by atomic mass is 11.0. The lowest BCUT2D eigenvalue weighted by Crippen LogP contribution is -2.21. The molecular weight excluding hydrogens is 92.1 g/mol. The number of hydrogen-bond donors (Lipinski definition) is 3. The molecular formula is C4H14N2O. The summed E-state index contributed by atoms with van der Waals surface area (Å²) in [5, 5.41) is 12.8. The Labute approximate surface area is 44.7 Å². The van der Waals surface area contributed by atoms with Gasteiger partial charge in [0.1, 0.15) is 0 Å². The smallest absolute Gasteiger partial charge is 0.0449 e. The number of rotatable bonds is 2. The molecule has 0 saturated heterocycles. The highest BCUT2D eigenvalue weighted by atomic mass is 16.2. The lowest BCUT2D eigenvalue weighted by molar-refractivity contribution is 0.399. The van der Waals surface area contributed by atoms with Crippen LogP contribution in [0, 0.1) is 0 Å². The van der Waals surface area contributed by atoms with Gasteiger partial charge in [0.2, 0.25) is 0 Å². The van der Waals surface area contributed by atoms with E-state index in [1.807, 2.05) is 14.1 Å². The fraction of sp³-hybridized carbons (Fsp3) is 1.00. The quantitative estimate of drug-likeness (QED) is 0.395. The molecule has 0 aliphatic carbocycles. The van der Waals surface area contributed by atoms with Crippen LogP contribution in [0.15, 0.2) is 0 Å². The van der Waals surface area contributed by atoms with Gasteiger partial charge in [0, 0.05) is 13.8 Å². The van der Waals surface area contributed by atoms with E-state index in [-0.39, 0.29) is 0 Å². The van der Waals surface area contributed by atoms with Crippen LogP contribution >= 0.6 is 0 Å². The lowest BCUT2D eigenvalue weighted by Gasteiger charge is -1.88. The van der Waals surface area contributed by atoms with Gasteiger partial charge in [-0.05, 0) is 14.1 Å². The largest absolute Gasteiger partial charge is 0.400 e. The molecule has 0 amide bonds. The van der Waals surface area contributed by atoms with Crippen LogP contribution in [0.5, 0.6) is 0 Å². The maximum absolute atomic E-state index is 7.00. The molecule has 0 aromatic heterocycles. The number of aliphatic hydroxyl groups is 1. The van der Waals surface area contributed by atoms with E-state index < -0.39 is 0 Å². The van der Waals surface area contributed by atoms with Gasteiger partial charge in [-0.25, -0.2) is 0 Å². The number of hydrogen-bond acceptors (Lipinski definition) is 3. The molecule has 0 bridgehead atoms. The van der Waals surface area contributed by atoms with E-state index in [4.69, 9.17) is 5.11 Å². The Balaban J connectivity index is 0. The molecule has 46 valence electrons. The minimum absolute atomic E-state index is 0.889. The zero-order valence-electron chi connectivity index (χ0n) is 5.15. The van der Waals surface area contributed by atoms with Crippen molar-refractivity contribution in [3.8, 4) is 0 Å². The molecule has 0 aromatic carbocycles. The summed E-state index contributed by atoms with van der Waals surface area (Å²) in [6, 6.07) is 0. The van der Waals surface area contributed by atoms with Crippen LogP contribution in [-0.4, -0.2) is 33.0 Å². The Morgan fingerprint density at radius 3 is 1.43 bits per heavy atom.